The molecule has 0 saturated carbocycles. The highest BCUT2D eigenvalue weighted by Crippen LogP contribution is 2.46. The van der Waals surface area contributed by atoms with Crippen molar-refractivity contribution >= 4 is 55.3 Å². The van der Waals surface area contributed by atoms with Gasteiger partial charge in [0.1, 0.15) is 0 Å². The summed E-state index contributed by atoms with van der Waals surface area (Å²) in [5.41, 5.74) is 5.05. The summed E-state index contributed by atoms with van der Waals surface area (Å²) in [5, 5.41) is 0.755. The van der Waals surface area contributed by atoms with Crippen molar-refractivity contribution in [1.29, 1.82) is 0 Å². The first-order valence-electron chi connectivity index (χ1n) is 12.6. The van der Waals surface area contributed by atoms with E-state index in [1.807, 2.05) is 22.1 Å². The van der Waals surface area contributed by atoms with Gasteiger partial charge in [0, 0.05) is 65.1 Å². The zero-order valence-electron chi connectivity index (χ0n) is 19.7. The van der Waals surface area contributed by atoms with Crippen molar-refractivity contribution in [2.75, 3.05) is 26.2 Å². The first-order valence-corrected chi connectivity index (χ1v) is 14.5. The minimum Gasteiger partial charge on any atom is -0.343 e. The molecular weight excluding hydrogens is 594 g/mol. The fourth-order valence-corrected chi connectivity index (χ4v) is 7.53. The molecule has 2 saturated heterocycles. The molecule has 2 amide bonds. The number of amides is 2. The van der Waals surface area contributed by atoms with Gasteiger partial charge in [-0.15, -0.1) is 0 Å². The molecule has 0 radical (unpaired) electrons. The van der Waals surface area contributed by atoms with Crippen LogP contribution in [0.25, 0.3) is 0 Å². The van der Waals surface area contributed by atoms with E-state index < -0.39 is 0 Å². The molecule has 0 N–H and O–H groups in total. The van der Waals surface area contributed by atoms with Crippen LogP contribution >= 0.6 is 43.5 Å². The quantitative estimate of drug-likeness (QED) is 0.403. The summed E-state index contributed by atoms with van der Waals surface area (Å²) in [6.07, 6.45) is 8.56. The highest BCUT2D eigenvalue weighted by atomic mass is 79.9. The molecule has 3 heterocycles. The summed E-state index contributed by atoms with van der Waals surface area (Å²) in [6, 6.07) is 6.32. The molecule has 8 heteroatoms. The molecular formula is C27H30Br2ClN3O2. The maximum atomic E-state index is 12.9. The molecule has 2 aromatic rings. The Balaban J connectivity index is 1.30. The van der Waals surface area contributed by atoms with Gasteiger partial charge in [-0.05, 0) is 95.3 Å². The molecule has 5 rings (SSSR count). The number of fused-ring (bicyclic) bond motifs is 2. The van der Waals surface area contributed by atoms with Crippen LogP contribution in [-0.2, 0) is 22.4 Å². The van der Waals surface area contributed by atoms with Crippen LogP contribution < -0.4 is 0 Å². The molecule has 5 nitrogen and oxygen atoms in total. The molecule has 0 bridgehead atoms. The fourth-order valence-electron chi connectivity index (χ4n) is 6.03. The van der Waals surface area contributed by atoms with Crippen molar-refractivity contribution in [3.63, 3.8) is 0 Å². The van der Waals surface area contributed by atoms with Gasteiger partial charge in [-0.3, -0.25) is 14.6 Å². The van der Waals surface area contributed by atoms with Crippen LogP contribution in [0.2, 0.25) is 5.02 Å². The van der Waals surface area contributed by atoms with Gasteiger partial charge in [0.15, 0.2) is 0 Å². The Bertz CT molecular complexity index is 1130. The molecule has 35 heavy (non-hydrogen) atoms. The normalized spacial score (nSPS) is 20.5. The van der Waals surface area contributed by atoms with Gasteiger partial charge in [0.25, 0.3) is 0 Å². The lowest BCUT2D eigenvalue weighted by Crippen LogP contribution is -2.40. The van der Waals surface area contributed by atoms with E-state index in [1.165, 1.54) is 16.7 Å². The highest BCUT2D eigenvalue weighted by Gasteiger charge is 2.36. The van der Waals surface area contributed by atoms with E-state index >= 15 is 0 Å². The van der Waals surface area contributed by atoms with Crippen LogP contribution in [0, 0.1) is 5.92 Å². The number of hydrogen-bond donors (Lipinski definition) is 0. The Hall–Kier alpha value is -1.44. The average Bonchev–Trinajstić information content (AvgIpc) is 3.17. The third kappa shape index (κ3) is 5.47. The minimum absolute atomic E-state index is 0.181. The topological polar surface area (TPSA) is 53.5 Å². The van der Waals surface area contributed by atoms with Crippen molar-refractivity contribution in [3.05, 3.63) is 60.7 Å². The van der Waals surface area contributed by atoms with Crippen molar-refractivity contribution in [2.45, 2.75) is 57.3 Å². The number of nitrogens with zero attached hydrogens (tertiary/aromatic N) is 3. The maximum Gasteiger partial charge on any atom is 0.222 e. The average molecular weight is 624 g/mol. The zero-order valence-corrected chi connectivity index (χ0v) is 23.7. The van der Waals surface area contributed by atoms with Gasteiger partial charge in [0.05, 0.1) is 5.69 Å². The number of halogens is 3. The van der Waals surface area contributed by atoms with E-state index in [-0.39, 0.29) is 17.7 Å². The summed E-state index contributed by atoms with van der Waals surface area (Å²) >= 11 is 13.9. The third-order valence-electron chi connectivity index (χ3n) is 7.77. The molecule has 1 aromatic carbocycles. The van der Waals surface area contributed by atoms with Gasteiger partial charge in [-0.25, -0.2) is 0 Å². The molecule has 0 spiro atoms. The van der Waals surface area contributed by atoms with Crippen molar-refractivity contribution in [3.8, 4) is 0 Å². The monoisotopic (exact) mass is 621 g/mol. The number of likely N-dealkylation sites (tertiary alicyclic amines) is 2. The van der Waals surface area contributed by atoms with E-state index in [0.29, 0.717) is 25.3 Å². The minimum atomic E-state index is 0.181. The van der Waals surface area contributed by atoms with Crippen LogP contribution in [0.1, 0.15) is 66.8 Å². The second-order valence-corrected chi connectivity index (χ2v) is 12.1. The fraction of sp³-hybridized carbons (Fsp3) is 0.519. The van der Waals surface area contributed by atoms with Crippen LogP contribution in [0.15, 0.2) is 33.3 Å². The Morgan fingerprint density at radius 3 is 2.57 bits per heavy atom. The largest absolute Gasteiger partial charge is 0.343 e. The molecule has 1 atom stereocenters. The highest BCUT2D eigenvalue weighted by molar-refractivity contribution is 9.10. The molecule has 3 aliphatic rings. The lowest BCUT2D eigenvalue weighted by atomic mass is 9.76. The molecule has 1 aliphatic carbocycles. The molecule has 2 fully saturated rings. The van der Waals surface area contributed by atoms with E-state index in [1.54, 1.807) is 0 Å². The number of benzene rings is 1. The summed E-state index contributed by atoms with van der Waals surface area (Å²) in [7, 11) is 0. The van der Waals surface area contributed by atoms with Crippen molar-refractivity contribution in [1.82, 2.24) is 14.8 Å². The summed E-state index contributed by atoms with van der Waals surface area (Å²) in [5.74, 6) is 1.03. The Morgan fingerprint density at radius 2 is 1.83 bits per heavy atom. The predicted molar refractivity (Wildman–Crippen MR) is 145 cm³/mol. The Labute approximate surface area is 228 Å². The number of carbonyl (C=O) groups excluding carboxylic acids is 2. The summed E-state index contributed by atoms with van der Waals surface area (Å²) in [6.45, 7) is 3.09. The van der Waals surface area contributed by atoms with Crippen LogP contribution in [0.4, 0.5) is 0 Å². The number of carbonyl (C=O) groups is 2. The number of aryl methyl sites for hydroxylation is 2. The lowest BCUT2D eigenvalue weighted by molar-refractivity contribution is -0.133. The third-order valence-corrected chi connectivity index (χ3v) is 9.08. The van der Waals surface area contributed by atoms with Crippen molar-refractivity contribution in [2.24, 2.45) is 5.92 Å². The van der Waals surface area contributed by atoms with Crippen LogP contribution in [0.3, 0.4) is 0 Å². The maximum absolute atomic E-state index is 12.9. The molecule has 186 valence electrons. The standard InChI is InChI=1S/C27H30Br2ClN3O2/c28-20-13-19-6-5-18-14-21(30)15-22(29)25(18)26(27(19)31-16-20)17-7-11-33(12-8-17)24(35)4-2-10-32-9-1-3-23(32)34/h13-17,26H,1-12H2/t26-/m1/s1. The van der Waals surface area contributed by atoms with Gasteiger partial charge in [-0.2, -0.15) is 0 Å². The SMILES string of the molecule is O=C1CCCN1CCCC(=O)N1CCC([C@H]2c3ncc(Br)cc3CCc3cc(Cl)cc(Br)c32)CC1. The summed E-state index contributed by atoms with van der Waals surface area (Å²) < 4.78 is 2.06. The van der Waals surface area contributed by atoms with E-state index in [0.717, 1.165) is 77.8 Å². The molecule has 1 aromatic heterocycles. The van der Waals surface area contributed by atoms with E-state index in [4.69, 9.17) is 16.6 Å². The van der Waals surface area contributed by atoms with E-state index in [2.05, 4.69) is 44.0 Å². The number of pyridine rings is 1. The number of hydrogen-bond acceptors (Lipinski definition) is 3. The van der Waals surface area contributed by atoms with Gasteiger partial charge in [0.2, 0.25) is 11.8 Å². The second kappa shape index (κ2) is 10.9. The molecule has 2 aliphatic heterocycles. The Morgan fingerprint density at radius 1 is 1.06 bits per heavy atom. The van der Waals surface area contributed by atoms with Crippen molar-refractivity contribution < 1.29 is 9.59 Å². The van der Waals surface area contributed by atoms with Gasteiger partial charge < -0.3 is 9.80 Å². The first kappa shape index (κ1) is 25.2. The number of piperidine rings is 1. The second-order valence-electron chi connectivity index (χ2n) is 9.94. The van der Waals surface area contributed by atoms with E-state index in [9.17, 15) is 9.59 Å². The number of rotatable bonds is 5. The molecule has 0 unspecified atom stereocenters. The van der Waals surface area contributed by atoms with Crippen LogP contribution in [-0.4, -0.2) is 52.8 Å². The first-order chi connectivity index (χ1) is 16.9. The smallest absolute Gasteiger partial charge is 0.222 e. The summed E-state index contributed by atoms with van der Waals surface area (Å²) in [4.78, 5) is 33.6. The predicted octanol–water partition coefficient (Wildman–Crippen LogP) is 6.13. The Kier molecular flexibility index (Phi) is 7.85. The van der Waals surface area contributed by atoms with Gasteiger partial charge >= 0.3 is 0 Å². The van der Waals surface area contributed by atoms with Crippen LogP contribution in [0.5, 0.6) is 0 Å². The van der Waals surface area contributed by atoms with Gasteiger partial charge in [-0.1, -0.05) is 27.5 Å². The lowest BCUT2D eigenvalue weighted by Gasteiger charge is -2.37. The zero-order chi connectivity index (χ0) is 24.5. The number of aromatic nitrogens is 1.